The number of sulfonamides is 1. The highest BCUT2D eigenvalue weighted by Gasteiger charge is 2.39. The maximum atomic E-state index is 13.3. The average molecular weight is 514 g/mol. The van der Waals surface area contributed by atoms with Crippen molar-refractivity contribution in [2.75, 3.05) is 26.9 Å². The SMILES string of the molecule is C#CCn1c(=NC(=O)C2CCCN2S(=O)(=O)c2ccc(OC)cc2)sc2cc3c(cc21)OCCO3. The van der Waals surface area contributed by atoms with Crippen LogP contribution in [0.3, 0.4) is 0 Å². The fourth-order valence-corrected chi connectivity index (χ4v) is 6.96. The van der Waals surface area contributed by atoms with Crippen LogP contribution in [0.25, 0.3) is 10.2 Å². The molecule has 0 aliphatic carbocycles. The largest absolute Gasteiger partial charge is 0.497 e. The summed E-state index contributed by atoms with van der Waals surface area (Å²) >= 11 is 1.30. The molecule has 3 aromatic rings. The summed E-state index contributed by atoms with van der Waals surface area (Å²) in [5.41, 5.74) is 0.776. The second kappa shape index (κ2) is 9.37. The Kier molecular flexibility index (Phi) is 6.27. The van der Waals surface area contributed by atoms with Gasteiger partial charge in [-0.25, -0.2) is 8.42 Å². The van der Waals surface area contributed by atoms with Crippen molar-refractivity contribution in [1.82, 2.24) is 8.87 Å². The van der Waals surface area contributed by atoms with Crippen molar-refractivity contribution in [1.29, 1.82) is 0 Å². The van der Waals surface area contributed by atoms with Crippen LogP contribution in [0.2, 0.25) is 0 Å². The number of carbonyl (C=O) groups is 1. The lowest BCUT2D eigenvalue weighted by molar-refractivity contribution is -0.121. The molecule has 5 rings (SSSR count). The second-order valence-corrected chi connectivity index (χ2v) is 10.9. The molecule has 1 amide bonds. The Labute approximate surface area is 206 Å². The molecular weight excluding hydrogens is 490 g/mol. The number of hydrogen-bond acceptors (Lipinski definition) is 7. The number of amides is 1. The molecule has 0 N–H and O–H groups in total. The quantitative estimate of drug-likeness (QED) is 0.486. The van der Waals surface area contributed by atoms with Gasteiger partial charge in [-0.15, -0.1) is 6.42 Å². The van der Waals surface area contributed by atoms with Crippen molar-refractivity contribution in [3.05, 3.63) is 41.2 Å². The third kappa shape index (κ3) is 4.29. The van der Waals surface area contributed by atoms with E-state index in [0.717, 1.165) is 10.2 Å². The van der Waals surface area contributed by atoms with Crippen LogP contribution in [0.4, 0.5) is 0 Å². The van der Waals surface area contributed by atoms with E-state index in [1.165, 1.54) is 34.9 Å². The first-order chi connectivity index (χ1) is 16.9. The fourth-order valence-electron chi connectivity index (χ4n) is 4.26. The number of thiazole rings is 1. The van der Waals surface area contributed by atoms with E-state index >= 15 is 0 Å². The smallest absolute Gasteiger partial charge is 0.266 e. The Morgan fingerprint density at radius 3 is 2.63 bits per heavy atom. The van der Waals surface area contributed by atoms with E-state index < -0.39 is 22.0 Å². The van der Waals surface area contributed by atoms with Crippen LogP contribution in [-0.4, -0.2) is 56.1 Å². The van der Waals surface area contributed by atoms with Crippen molar-refractivity contribution in [3.63, 3.8) is 0 Å². The molecule has 182 valence electrons. The predicted octanol–water partition coefficient (Wildman–Crippen LogP) is 2.40. The lowest BCUT2D eigenvalue weighted by atomic mass is 10.2. The number of methoxy groups -OCH3 is 1. The maximum absolute atomic E-state index is 13.3. The third-order valence-electron chi connectivity index (χ3n) is 5.96. The predicted molar refractivity (Wildman–Crippen MR) is 130 cm³/mol. The van der Waals surface area contributed by atoms with E-state index in [1.54, 1.807) is 16.7 Å². The van der Waals surface area contributed by atoms with Gasteiger partial charge in [0.25, 0.3) is 5.91 Å². The highest BCUT2D eigenvalue weighted by Crippen LogP contribution is 2.35. The summed E-state index contributed by atoms with van der Waals surface area (Å²) < 4.78 is 46.9. The Balaban J connectivity index is 1.51. The van der Waals surface area contributed by atoms with Crippen LogP contribution in [0.1, 0.15) is 12.8 Å². The molecule has 2 aliphatic heterocycles. The summed E-state index contributed by atoms with van der Waals surface area (Å²) in [5, 5.41) is 0. The fraction of sp³-hybridized carbons (Fsp3) is 0.333. The van der Waals surface area contributed by atoms with Crippen molar-refractivity contribution in [2.45, 2.75) is 30.3 Å². The minimum atomic E-state index is -3.88. The van der Waals surface area contributed by atoms with Gasteiger partial charge in [-0.05, 0) is 37.1 Å². The molecule has 0 saturated carbocycles. The summed E-state index contributed by atoms with van der Waals surface area (Å²) in [5.74, 6) is 3.87. The number of fused-ring (bicyclic) bond motifs is 2. The summed E-state index contributed by atoms with van der Waals surface area (Å²) in [7, 11) is -2.37. The number of terminal acetylenes is 1. The zero-order chi connectivity index (χ0) is 24.6. The number of carbonyl (C=O) groups excluding carboxylic acids is 1. The molecule has 3 heterocycles. The second-order valence-electron chi connectivity index (χ2n) is 8.04. The van der Waals surface area contributed by atoms with Crippen LogP contribution in [0, 0.1) is 12.3 Å². The van der Waals surface area contributed by atoms with Gasteiger partial charge in [0.1, 0.15) is 25.0 Å². The van der Waals surface area contributed by atoms with Gasteiger partial charge in [-0.3, -0.25) is 4.79 Å². The molecule has 2 aliphatic rings. The van der Waals surface area contributed by atoms with Gasteiger partial charge in [0.05, 0.1) is 28.8 Å². The Morgan fingerprint density at radius 2 is 1.94 bits per heavy atom. The van der Waals surface area contributed by atoms with E-state index in [-0.39, 0.29) is 18.0 Å². The normalized spacial score (nSPS) is 18.5. The van der Waals surface area contributed by atoms with Crippen LogP contribution >= 0.6 is 11.3 Å². The molecule has 9 nitrogen and oxygen atoms in total. The van der Waals surface area contributed by atoms with E-state index in [2.05, 4.69) is 10.9 Å². The first-order valence-corrected chi connectivity index (χ1v) is 13.3. The topological polar surface area (TPSA) is 99.4 Å². The maximum Gasteiger partial charge on any atom is 0.266 e. The van der Waals surface area contributed by atoms with Gasteiger partial charge in [0.15, 0.2) is 16.3 Å². The highest BCUT2D eigenvalue weighted by atomic mass is 32.2. The number of rotatable bonds is 5. The molecule has 1 saturated heterocycles. The Morgan fingerprint density at radius 1 is 1.23 bits per heavy atom. The first kappa shape index (κ1) is 23.4. The summed E-state index contributed by atoms with van der Waals surface area (Å²) in [6, 6.07) is 8.91. The summed E-state index contributed by atoms with van der Waals surface area (Å²) in [4.78, 5) is 18.1. The van der Waals surface area contributed by atoms with Gasteiger partial charge < -0.3 is 18.8 Å². The molecule has 0 spiro atoms. The van der Waals surface area contributed by atoms with Gasteiger partial charge in [0, 0.05) is 18.7 Å². The van der Waals surface area contributed by atoms with Crippen LogP contribution in [0.15, 0.2) is 46.3 Å². The van der Waals surface area contributed by atoms with Crippen LogP contribution < -0.4 is 19.0 Å². The number of ether oxygens (including phenoxy) is 3. The van der Waals surface area contributed by atoms with Gasteiger partial charge in [0.2, 0.25) is 10.0 Å². The number of benzene rings is 2. The Bertz CT molecular complexity index is 1500. The van der Waals surface area contributed by atoms with Crippen LogP contribution in [0.5, 0.6) is 17.2 Å². The zero-order valence-corrected chi connectivity index (χ0v) is 20.6. The molecule has 11 heteroatoms. The average Bonchev–Trinajstić information content (AvgIpc) is 3.49. The standard InChI is InChI=1S/C24H23N3O6S2/c1-3-10-26-19-14-20-21(33-13-12-32-20)15-22(19)34-24(26)25-23(28)18-5-4-11-27(18)35(29,30)17-8-6-16(31-2)7-9-17/h1,6-9,14-15,18H,4-5,10-13H2,2H3. The van der Waals surface area contributed by atoms with Gasteiger partial charge in [-0.1, -0.05) is 17.3 Å². The third-order valence-corrected chi connectivity index (χ3v) is 8.92. The number of aromatic nitrogens is 1. The Hall–Kier alpha value is -3.33. The van der Waals surface area contributed by atoms with E-state index in [1.807, 2.05) is 12.1 Å². The van der Waals surface area contributed by atoms with Gasteiger partial charge >= 0.3 is 0 Å². The molecule has 0 bridgehead atoms. The molecule has 0 radical (unpaired) electrons. The first-order valence-electron chi connectivity index (χ1n) is 11.0. The van der Waals surface area contributed by atoms with Crippen molar-refractivity contribution in [3.8, 4) is 29.6 Å². The van der Waals surface area contributed by atoms with Crippen molar-refractivity contribution in [2.24, 2.45) is 4.99 Å². The van der Waals surface area contributed by atoms with Crippen molar-refractivity contribution >= 4 is 37.5 Å². The van der Waals surface area contributed by atoms with E-state index in [4.69, 9.17) is 20.6 Å². The molecule has 1 aromatic heterocycles. The molecule has 35 heavy (non-hydrogen) atoms. The molecule has 2 aromatic carbocycles. The molecule has 1 fully saturated rings. The molecule has 1 atom stereocenters. The van der Waals surface area contributed by atoms with Crippen LogP contribution in [-0.2, 0) is 21.4 Å². The summed E-state index contributed by atoms with van der Waals surface area (Å²) in [6.45, 7) is 1.36. The minimum absolute atomic E-state index is 0.104. The zero-order valence-electron chi connectivity index (χ0n) is 19.0. The lowest BCUT2D eigenvalue weighted by Gasteiger charge is -2.21. The van der Waals surface area contributed by atoms with E-state index in [9.17, 15) is 13.2 Å². The summed E-state index contributed by atoms with van der Waals surface area (Å²) in [6.07, 6.45) is 6.55. The number of nitrogens with zero attached hydrogens (tertiary/aromatic N) is 3. The minimum Gasteiger partial charge on any atom is -0.497 e. The van der Waals surface area contributed by atoms with Gasteiger partial charge in [-0.2, -0.15) is 9.30 Å². The number of hydrogen-bond donors (Lipinski definition) is 0. The van der Waals surface area contributed by atoms with Crippen molar-refractivity contribution < 1.29 is 27.4 Å². The van der Waals surface area contributed by atoms with E-state index in [0.29, 0.717) is 48.1 Å². The monoisotopic (exact) mass is 513 g/mol. The highest BCUT2D eigenvalue weighted by molar-refractivity contribution is 7.89. The molecule has 1 unspecified atom stereocenters. The molecular formula is C24H23N3O6S2. The lowest BCUT2D eigenvalue weighted by Crippen LogP contribution is -2.40.